The highest BCUT2D eigenvalue weighted by molar-refractivity contribution is 7.89. The number of benzene rings is 1. The standard InChI is InChI=1S/C12H16ClFN2O2S/c1-15-7-9-4-5-16(8-9)19(17,18)10-2-3-12(14)11(13)6-10/h2-3,6,9,15H,4-5,7-8H2,1H3. The molecule has 1 aliphatic heterocycles. The van der Waals surface area contributed by atoms with E-state index in [4.69, 9.17) is 11.6 Å². The lowest BCUT2D eigenvalue weighted by Gasteiger charge is -2.16. The first-order chi connectivity index (χ1) is 8.95. The zero-order valence-electron chi connectivity index (χ0n) is 10.6. The number of sulfonamides is 1. The van der Waals surface area contributed by atoms with Crippen LogP contribution >= 0.6 is 11.6 Å². The minimum absolute atomic E-state index is 0.0454. The van der Waals surface area contributed by atoms with E-state index in [2.05, 4.69) is 5.32 Å². The summed E-state index contributed by atoms with van der Waals surface area (Å²) in [6.45, 7) is 1.76. The highest BCUT2D eigenvalue weighted by atomic mass is 35.5. The van der Waals surface area contributed by atoms with Gasteiger partial charge < -0.3 is 5.32 Å². The van der Waals surface area contributed by atoms with Crippen LogP contribution in [0.3, 0.4) is 0 Å². The quantitative estimate of drug-likeness (QED) is 0.921. The summed E-state index contributed by atoms with van der Waals surface area (Å²) in [5.74, 6) is -0.300. The van der Waals surface area contributed by atoms with Crippen molar-refractivity contribution in [3.05, 3.63) is 29.0 Å². The molecule has 0 aromatic heterocycles. The smallest absolute Gasteiger partial charge is 0.243 e. The van der Waals surface area contributed by atoms with Gasteiger partial charge >= 0.3 is 0 Å². The van der Waals surface area contributed by atoms with Crippen LogP contribution in [0.4, 0.5) is 4.39 Å². The maximum absolute atomic E-state index is 13.1. The third-order valence-corrected chi connectivity index (χ3v) is 5.42. The lowest BCUT2D eigenvalue weighted by molar-refractivity contribution is 0.451. The predicted octanol–water partition coefficient (Wildman–Crippen LogP) is 1.71. The van der Waals surface area contributed by atoms with Gasteiger partial charge in [-0.1, -0.05) is 11.6 Å². The van der Waals surface area contributed by atoms with E-state index in [0.717, 1.165) is 25.1 Å². The maximum Gasteiger partial charge on any atom is 0.243 e. The first-order valence-electron chi connectivity index (χ1n) is 6.05. The molecular formula is C12H16ClFN2O2S. The summed E-state index contributed by atoms with van der Waals surface area (Å²) in [4.78, 5) is 0.0454. The van der Waals surface area contributed by atoms with Crippen molar-refractivity contribution >= 4 is 21.6 Å². The molecule has 0 spiro atoms. The van der Waals surface area contributed by atoms with Crippen molar-refractivity contribution in [1.82, 2.24) is 9.62 Å². The molecule has 1 unspecified atom stereocenters. The van der Waals surface area contributed by atoms with Gasteiger partial charge in [0.05, 0.1) is 9.92 Å². The molecule has 1 heterocycles. The highest BCUT2D eigenvalue weighted by Gasteiger charge is 2.32. The topological polar surface area (TPSA) is 49.4 Å². The molecule has 4 nitrogen and oxygen atoms in total. The van der Waals surface area contributed by atoms with Gasteiger partial charge in [0.15, 0.2) is 0 Å². The zero-order chi connectivity index (χ0) is 14.0. The van der Waals surface area contributed by atoms with Crippen LogP contribution in [0.5, 0.6) is 0 Å². The monoisotopic (exact) mass is 306 g/mol. The Labute approximate surface area is 117 Å². The Hall–Kier alpha value is -0.690. The fourth-order valence-electron chi connectivity index (χ4n) is 2.26. The summed E-state index contributed by atoms with van der Waals surface area (Å²) in [7, 11) is -1.73. The molecule has 1 N–H and O–H groups in total. The number of hydrogen-bond donors (Lipinski definition) is 1. The zero-order valence-corrected chi connectivity index (χ0v) is 12.1. The largest absolute Gasteiger partial charge is 0.319 e. The summed E-state index contributed by atoms with van der Waals surface area (Å²) < 4.78 is 39.3. The van der Waals surface area contributed by atoms with Crippen LogP contribution in [0.25, 0.3) is 0 Å². The summed E-state index contributed by atoms with van der Waals surface area (Å²) in [5, 5.41) is 2.87. The van der Waals surface area contributed by atoms with Crippen LogP contribution in [-0.4, -0.2) is 39.4 Å². The van der Waals surface area contributed by atoms with Gasteiger partial charge in [-0.05, 0) is 44.1 Å². The number of hydrogen-bond acceptors (Lipinski definition) is 3. The molecule has 1 aromatic rings. The van der Waals surface area contributed by atoms with Gasteiger partial charge in [-0.2, -0.15) is 4.31 Å². The van der Waals surface area contributed by atoms with Gasteiger partial charge in [0.1, 0.15) is 5.82 Å². The van der Waals surface area contributed by atoms with Crippen molar-refractivity contribution in [2.45, 2.75) is 11.3 Å². The average molecular weight is 307 g/mol. The minimum atomic E-state index is -3.57. The summed E-state index contributed by atoms with van der Waals surface area (Å²) in [6, 6.07) is 3.50. The maximum atomic E-state index is 13.1. The molecule has 19 heavy (non-hydrogen) atoms. The van der Waals surface area contributed by atoms with Crippen molar-refractivity contribution in [3.63, 3.8) is 0 Å². The SMILES string of the molecule is CNCC1CCN(S(=O)(=O)c2ccc(F)c(Cl)c2)C1. The van der Waals surface area contributed by atoms with Gasteiger partial charge in [0.2, 0.25) is 10.0 Å². The molecule has 0 saturated carbocycles. The summed E-state index contributed by atoms with van der Waals surface area (Å²) >= 11 is 5.64. The molecule has 2 rings (SSSR count). The van der Waals surface area contributed by atoms with Crippen molar-refractivity contribution in [1.29, 1.82) is 0 Å². The second kappa shape index (κ2) is 5.75. The van der Waals surface area contributed by atoms with Crippen LogP contribution in [0.2, 0.25) is 5.02 Å². The van der Waals surface area contributed by atoms with Crippen molar-refractivity contribution < 1.29 is 12.8 Å². The molecular weight excluding hydrogens is 291 g/mol. The Kier molecular flexibility index (Phi) is 4.45. The van der Waals surface area contributed by atoms with Gasteiger partial charge in [-0.3, -0.25) is 0 Å². The van der Waals surface area contributed by atoms with Gasteiger partial charge in [0, 0.05) is 13.1 Å². The predicted molar refractivity (Wildman–Crippen MR) is 72.2 cm³/mol. The van der Waals surface area contributed by atoms with Gasteiger partial charge in [0.25, 0.3) is 0 Å². The second-order valence-corrected chi connectivity index (χ2v) is 7.00. The molecule has 1 atom stereocenters. The van der Waals surface area contributed by atoms with E-state index in [9.17, 15) is 12.8 Å². The molecule has 1 aromatic carbocycles. The summed E-state index contributed by atoms with van der Waals surface area (Å²) in [5.41, 5.74) is 0. The molecule has 106 valence electrons. The van der Waals surface area contributed by atoms with E-state index in [1.807, 2.05) is 7.05 Å². The molecule has 0 radical (unpaired) electrons. The third-order valence-electron chi connectivity index (χ3n) is 3.27. The summed E-state index contributed by atoms with van der Waals surface area (Å²) in [6.07, 6.45) is 0.828. The Bertz CT molecular complexity index is 565. The van der Waals surface area contributed by atoms with E-state index >= 15 is 0 Å². The van der Waals surface area contributed by atoms with Crippen LogP contribution in [0.15, 0.2) is 23.1 Å². The fraction of sp³-hybridized carbons (Fsp3) is 0.500. The Morgan fingerprint density at radius 1 is 1.53 bits per heavy atom. The molecule has 0 bridgehead atoms. The molecule has 1 aliphatic rings. The fourth-order valence-corrected chi connectivity index (χ4v) is 4.06. The van der Waals surface area contributed by atoms with E-state index in [0.29, 0.717) is 19.0 Å². The lowest BCUT2D eigenvalue weighted by Crippen LogP contribution is -2.30. The van der Waals surface area contributed by atoms with E-state index in [-0.39, 0.29) is 9.92 Å². The number of nitrogens with zero attached hydrogens (tertiary/aromatic N) is 1. The molecule has 0 aliphatic carbocycles. The Balaban J connectivity index is 2.21. The first-order valence-corrected chi connectivity index (χ1v) is 7.86. The van der Waals surface area contributed by atoms with Crippen molar-refractivity contribution in [2.75, 3.05) is 26.7 Å². The van der Waals surface area contributed by atoms with Crippen LogP contribution in [0, 0.1) is 11.7 Å². The number of nitrogens with one attached hydrogen (secondary N) is 1. The van der Waals surface area contributed by atoms with E-state index in [1.165, 1.54) is 10.4 Å². The average Bonchev–Trinajstić information content (AvgIpc) is 2.82. The van der Waals surface area contributed by atoms with Gasteiger partial charge in [-0.15, -0.1) is 0 Å². The van der Waals surface area contributed by atoms with Crippen molar-refractivity contribution in [2.24, 2.45) is 5.92 Å². The van der Waals surface area contributed by atoms with Crippen LogP contribution < -0.4 is 5.32 Å². The van der Waals surface area contributed by atoms with Crippen molar-refractivity contribution in [3.8, 4) is 0 Å². The number of halogens is 2. The van der Waals surface area contributed by atoms with E-state index < -0.39 is 15.8 Å². The van der Waals surface area contributed by atoms with Crippen LogP contribution in [-0.2, 0) is 10.0 Å². The third kappa shape index (κ3) is 3.08. The molecule has 1 fully saturated rings. The lowest BCUT2D eigenvalue weighted by atomic mass is 10.1. The van der Waals surface area contributed by atoms with Gasteiger partial charge in [-0.25, -0.2) is 12.8 Å². The number of rotatable bonds is 4. The van der Waals surface area contributed by atoms with E-state index in [1.54, 1.807) is 0 Å². The molecule has 7 heteroatoms. The first kappa shape index (κ1) is 14.7. The normalized spacial score (nSPS) is 20.9. The Morgan fingerprint density at radius 2 is 2.26 bits per heavy atom. The molecule has 0 amide bonds. The molecule has 1 saturated heterocycles. The highest BCUT2D eigenvalue weighted by Crippen LogP contribution is 2.26. The van der Waals surface area contributed by atoms with Crippen LogP contribution in [0.1, 0.15) is 6.42 Å². The minimum Gasteiger partial charge on any atom is -0.319 e. The Morgan fingerprint density at radius 3 is 2.89 bits per heavy atom. The second-order valence-electron chi connectivity index (χ2n) is 4.65.